The summed E-state index contributed by atoms with van der Waals surface area (Å²) in [6.45, 7) is 18.1. The predicted molar refractivity (Wildman–Crippen MR) is 219 cm³/mol. The third-order valence-corrected chi connectivity index (χ3v) is 15.0. The van der Waals surface area contributed by atoms with Gasteiger partial charge in [-0.25, -0.2) is 4.79 Å². The van der Waals surface area contributed by atoms with Crippen molar-refractivity contribution >= 4 is 79.2 Å². The summed E-state index contributed by atoms with van der Waals surface area (Å²) in [5.41, 5.74) is 7.33. The number of hydrogen-bond acceptors (Lipinski definition) is 6. The van der Waals surface area contributed by atoms with E-state index >= 15 is 0 Å². The standard InChI is InChI=1S/C43H38N2O2S4/c1-41(2,3)24-9-11-31-27(18-24)28-19-25(42(4,5)6)10-12-32(28)45(31)37-16-15-34(50-37)33-13-14-35(49-33)36-21-30-39(51-36)38-29(43(30,7)8)20-26(48-38)17-23(22-44)40(46)47/h9-21H,1-8H3,(H,46,47)/b23-17-. The Kier molecular flexibility index (Phi) is 7.72. The normalized spacial score (nSPS) is 14.3. The smallest absolute Gasteiger partial charge is 0.346 e. The molecule has 7 aromatic rings. The lowest BCUT2D eigenvalue weighted by atomic mass is 9.84. The van der Waals surface area contributed by atoms with Crippen LogP contribution < -0.4 is 0 Å². The Balaban J connectivity index is 1.16. The van der Waals surface area contributed by atoms with Gasteiger partial charge >= 0.3 is 5.97 Å². The lowest BCUT2D eigenvalue weighted by molar-refractivity contribution is -0.132. The van der Waals surface area contributed by atoms with Crippen molar-refractivity contribution in [2.75, 3.05) is 0 Å². The van der Waals surface area contributed by atoms with E-state index in [0.29, 0.717) is 0 Å². The summed E-state index contributed by atoms with van der Waals surface area (Å²) in [6.07, 6.45) is 1.49. The molecule has 0 atom stereocenters. The molecule has 8 heteroatoms. The van der Waals surface area contributed by atoms with Gasteiger partial charge in [0.15, 0.2) is 0 Å². The zero-order valence-corrected chi connectivity index (χ0v) is 33.2. The SMILES string of the molecule is CC(C)(C)c1ccc2c(c1)c1cc(C(C)(C)C)ccc1n2-c1ccc(-c2ccc(-c3cc4c(s3)-c3sc(/C=C(/C#N)C(=O)O)cc3C4(C)C)s2)s1. The van der Waals surface area contributed by atoms with E-state index in [0.717, 1.165) is 4.88 Å². The molecule has 1 aliphatic carbocycles. The highest BCUT2D eigenvalue weighted by Gasteiger charge is 2.39. The van der Waals surface area contributed by atoms with Crippen molar-refractivity contribution in [3.05, 3.63) is 106 Å². The molecule has 51 heavy (non-hydrogen) atoms. The average molecular weight is 743 g/mol. The summed E-state index contributed by atoms with van der Waals surface area (Å²) >= 11 is 7.03. The zero-order valence-electron chi connectivity index (χ0n) is 29.9. The predicted octanol–water partition coefficient (Wildman–Crippen LogP) is 13.3. The van der Waals surface area contributed by atoms with Gasteiger partial charge in [0.05, 0.1) is 11.0 Å². The summed E-state index contributed by atoms with van der Waals surface area (Å²) in [7, 11) is 0. The van der Waals surface area contributed by atoms with Crippen molar-refractivity contribution in [1.82, 2.24) is 4.57 Å². The Morgan fingerprint density at radius 2 is 1.24 bits per heavy atom. The Morgan fingerprint density at radius 1 is 0.706 bits per heavy atom. The van der Waals surface area contributed by atoms with E-state index in [2.05, 4.69) is 133 Å². The highest BCUT2D eigenvalue weighted by Crippen LogP contribution is 2.57. The van der Waals surface area contributed by atoms with Gasteiger partial charge in [-0.3, -0.25) is 0 Å². The molecule has 8 rings (SSSR count). The number of benzene rings is 2. The largest absolute Gasteiger partial charge is 0.477 e. The van der Waals surface area contributed by atoms with Crippen LogP contribution in [-0.2, 0) is 21.0 Å². The molecule has 0 aliphatic heterocycles. The van der Waals surface area contributed by atoms with Gasteiger partial charge in [-0.2, -0.15) is 5.26 Å². The maximum absolute atomic E-state index is 11.5. The molecule has 256 valence electrons. The molecule has 5 aromatic heterocycles. The molecule has 0 fully saturated rings. The fraction of sp³-hybridized carbons (Fsp3) is 0.256. The van der Waals surface area contributed by atoms with Gasteiger partial charge in [-0.15, -0.1) is 45.3 Å². The van der Waals surface area contributed by atoms with E-state index in [1.54, 1.807) is 28.7 Å². The van der Waals surface area contributed by atoms with Crippen LogP contribution in [0.3, 0.4) is 0 Å². The number of thiophene rings is 4. The molecular formula is C43H38N2O2S4. The van der Waals surface area contributed by atoms with Gasteiger partial charge in [-0.1, -0.05) is 67.5 Å². The first kappa shape index (κ1) is 33.9. The van der Waals surface area contributed by atoms with Crippen LogP contribution in [0.25, 0.3) is 62.1 Å². The number of carboxylic acids is 1. The van der Waals surface area contributed by atoms with Gasteiger partial charge < -0.3 is 9.67 Å². The molecule has 2 aromatic carbocycles. The van der Waals surface area contributed by atoms with Gasteiger partial charge in [0.2, 0.25) is 0 Å². The molecule has 1 N–H and O–H groups in total. The molecule has 4 nitrogen and oxygen atoms in total. The summed E-state index contributed by atoms with van der Waals surface area (Å²) < 4.78 is 2.44. The Hall–Kier alpha value is -4.26. The molecule has 0 saturated carbocycles. The van der Waals surface area contributed by atoms with Crippen molar-refractivity contribution < 1.29 is 9.90 Å². The third-order valence-electron chi connectivity index (χ3n) is 10.1. The van der Waals surface area contributed by atoms with Crippen LogP contribution in [0.4, 0.5) is 0 Å². The van der Waals surface area contributed by atoms with E-state index in [9.17, 15) is 15.2 Å². The van der Waals surface area contributed by atoms with Crippen molar-refractivity contribution in [3.8, 4) is 40.3 Å². The second-order valence-corrected chi connectivity index (χ2v) is 20.2. The van der Waals surface area contributed by atoms with Crippen molar-refractivity contribution in [3.63, 3.8) is 0 Å². The Bertz CT molecular complexity index is 2560. The van der Waals surface area contributed by atoms with Crippen molar-refractivity contribution in [1.29, 1.82) is 5.26 Å². The molecule has 0 spiro atoms. The van der Waals surface area contributed by atoms with Gasteiger partial charge in [0.1, 0.15) is 16.6 Å². The minimum Gasteiger partial charge on any atom is -0.477 e. The first-order valence-electron chi connectivity index (χ1n) is 17.0. The molecule has 0 bridgehead atoms. The van der Waals surface area contributed by atoms with Crippen LogP contribution >= 0.6 is 45.3 Å². The quantitative estimate of drug-likeness (QED) is 0.141. The Labute approximate surface area is 314 Å². The molecule has 5 heterocycles. The molecule has 0 unspecified atom stereocenters. The van der Waals surface area contributed by atoms with Gasteiger partial charge in [0, 0.05) is 50.3 Å². The van der Waals surface area contributed by atoms with Crippen LogP contribution in [-0.4, -0.2) is 15.6 Å². The van der Waals surface area contributed by atoms with E-state index < -0.39 is 5.97 Å². The number of rotatable bonds is 5. The number of aromatic nitrogens is 1. The molecule has 1 aliphatic rings. The lowest BCUT2D eigenvalue weighted by Crippen LogP contribution is -2.13. The monoisotopic (exact) mass is 742 g/mol. The van der Waals surface area contributed by atoms with Crippen molar-refractivity contribution in [2.24, 2.45) is 0 Å². The minimum atomic E-state index is -1.20. The highest BCUT2D eigenvalue weighted by atomic mass is 32.1. The van der Waals surface area contributed by atoms with Crippen LogP contribution in [0.2, 0.25) is 0 Å². The molecular weight excluding hydrogens is 705 g/mol. The van der Waals surface area contributed by atoms with Crippen LogP contribution in [0.5, 0.6) is 0 Å². The second kappa shape index (κ2) is 11.6. The highest BCUT2D eigenvalue weighted by molar-refractivity contribution is 7.29. The zero-order chi connectivity index (χ0) is 36.2. The van der Waals surface area contributed by atoms with E-state index in [1.807, 2.05) is 22.7 Å². The number of nitrogens with zero attached hydrogens (tertiary/aromatic N) is 2. The van der Waals surface area contributed by atoms with E-state index in [4.69, 9.17) is 0 Å². The average Bonchev–Trinajstić information content (AvgIpc) is 3.90. The topological polar surface area (TPSA) is 66.0 Å². The number of carbonyl (C=O) groups is 1. The number of nitriles is 1. The van der Waals surface area contributed by atoms with Crippen LogP contribution in [0, 0.1) is 11.3 Å². The summed E-state index contributed by atoms with van der Waals surface area (Å²) in [4.78, 5) is 19.7. The third kappa shape index (κ3) is 5.53. The maximum atomic E-state index is 11.5. The molecule has 0 radical (unpaired) electrons. The first-order chi connectivity index (χ1) is 24.0. The maximum Gasteiger partial charge on any atom is 0.346 e. The van der Waals surface area contributed by atoms with Crippen molar-refractivity contribution in [2.45, 2.75) is 71.6 Å². The van der Waals surface area contributed by atoms with Gasteiger partial charge in [-0.05, 0) is 99.8 Å². The van der Waals surface area contributed by atoms with E-state index in [-0.39, 0.29) is 21.8 Å². The minimum absolute atomic E-state index is 0.0616. The van der Waals surface area contributed by atoms with Crippen LogP contribution in [0.15, 0.2) is 78.4 Å². The number of carboxylic acid groups (broad SMARTS) is 1. The molecule has 0 amide bonds. The summed E-state index contributed by atoms with van der Waals surface area (Å²) in [6, 6.07) is 29.2. The summed E-state index contributed by atoms with van der Waals surface area (Å²) in [5, 5.41) is 22.5. The Morgan fingerprint density at radius 3 is 1.80 bits per heavy atom. The van der Waals surface area contributed by atoms with E-state index in [1.165, 1.54) is 84.4 Å². The fourth-order valence-corrected chi connectivity index (χ4v) is 12.0. The number of aliphatic carboxylic acids is 1. The first-order valence-corrected chi connectivity index (χ1v) is 20.3. The number of hydrogen-bond donors (Lipinski definition) is 1. The number of fused-ring (bicyclic) bond motifs is 6. The lowest BCUT2D eigenvalue weighted by Gasteiger charge is -2.19. The summed E-state index contributed by atoms with van der Waals surface area (Å²) in [5.74, 6) is -1.20. The molecule has 0 saturated heterocycles. The van der Waals surface area contributed by atoms with Crippen LogP contribution in [0.1, 0.15) is 82.5 Å². The fourth-order valence-electron chi connectivity index (χ4n) is 7.07. The second-order valence-electron chi connectivity index (χ2n) is 15.9. The van der Waals surface area contributed by atoms with Gasteiger partial charge in [0.25, 0.3) is 0 Å².